The summed E-state index contributed by atoms with van der Waals surface area (Å²) in [4.78, 5) is 23.2. The van der Waals surface area contributed by atoms with Crippen LogP contribution in [0.4, 0.5) is 0 Å². The number of hydrogen-bond acceptors (Lipinski definition) is 4. The monoisotopic (exact) mass is 393 g/mol. The molecule has 0 fully saturated rings. The first-order chi connectivity index (χ1) is 12.7. The van der Waals surface area contributed by atoms with E-state index in [2.05, 4.69) is 13.8 Å². The number of esters is 2. The van der Waals surface area contributed by atoms with E-state index >= 15 is 0 Å². The molecule has 1 radical (unpaired) electrons. The average Bonchev–Trinajstić information content (AvgIpc) is 2.64. The van der Waals surface area contributed by atoms with Gasteiger partial charge in [-0.3, -0.25) is 9.59 Å². The third-order valence-electron chi connectivity index (χ3n) is 4.56. The van der Waals surface area contributed by atoms with Gasteiger partial charge >= 0.3 is 11.9 Å². The van der Waals surface area contributed by atoms with Gasteiger partial charge in [0.15, 0.2) is 0 Å². The summed E-state index contributed by atoms with van der Waals surface area (Å²) in [5.74, 6) is -0.576. The molecule has 0 saturated carbocycles. The van der Waals surface area contributed by atoms with E-state index in [9.17, 15) is 9.59 Å². The van der Waals surface area contributed by atoms with Crippen LogP contribution in [0.5, 0.6) is 0 Å². The average molecular weight is 394 g/mol. The minimum atomic E-state index is -0.288. The maximum Gasteiger partial charge on any atom is 0.306 e. The van der Waals surface area contributed by atoms with E-state index in [1.165, 1.54) is 64.2 Å². The molecule has 155 valence electrons. The Morgan fingerprint density at radius 1 is 0.519 bits per heavy atom. The zero-order valence-corrected chi connectivity index (χ0v) is 20.4. The fraction of sp³-hybridized carbons (Fsp3) is 0.909. The molecular weight excluding hydrogens is 351 g/mol. The molecule has 0 atom stereocenters. The predicted octanol–water partition coefficient (Wildman–Crippen LogP) is 5.97. The number of hydrogen-bond donors (Lipinski definition) is 0. The largest absolute Gasteiger partial charge is 0.466 e. The maximum absolute atomic E-state index is 11.6. The Hall–Kier alpha value is -0.0600. The number of unbranched alkanes of at least 4 members (excludes halogenated alkanes) is 12. The molecule has 0 heterocycles. The van der Waals surface area contributed by atoms with Crippen molar-refractivity contribution in [1.82, 2.24) is 0 Å². The Bertz CT molecular complexity index is 302. The first kappa shape index (κ1) is 29.1. The molecule has 5 heteroatoms. The van der Waals surface area contributed by atoms with E-state index in [1.54, 1.807) is 0 Å². The Labute approximate surface area is 189 Å². The van der Waals surface area contributed by atoms with Crippen molar-refractivity contribution in [2.75, 3.05) is 13.2 Å². The summed E-state index contributed by atoms with van der Waals surface area (Å²) >= 11 is 0. The van der Waals surface area contributed by atoms with Crippen molar-refractivity contribution in [2.24, 2.45) is 0 Å². The van der Waals surface area contributed by atoms with Gasteiger partial charge in [-0.05, 0) is 12.8 Å². The summed E-state index contributed by atoms with van der Waals surface area (Å²) in [6.07, 6.45) is 17.0. The van der Waals surface area contributed by atoms with Crippen molar-refractivity contribution >= 4 is 41.5 Å². The van der Waals surface area contributed by atoms with E-state index in [1.807, 2.05) is 0 Å². The Kier molecular flexibility index (Phi) is 25.9. The molecule has 0 unspecified atom stereocenters. The van der Waals surface area contributed by atoms with Gasteiger partial charge in [0.25, 0.3) is 0 Å². The molecular formula is C22H42NaO4. The normalized spacial score (nSPS) is 10.3. The van der Waals surface area contributed by atoms with Crippen LogP contribution in [-0.2, 0) is 19.1 Å². The van der Waals surface area contributed by atoms with E-state index in [0.717, 1.165) is 25.7 Å². The third kappa shape index (κ3) is 23.9. The smallest absolute Gasteiger partial charge is 0.306 e. The summed E-state index contributed by atoms with van der Waals surface area (Å²) in [6, 6.07) is 0. The fourth-order valence-corrected chi connectivity index (χ4v) is 2.84. The van der Waals surface area contributed by atoms with Crippen molar-refractivity contribution in [1.29, 1.82) is 0 Å². The topological polar surface area (TPSA) is 52.6 Å². The van der Waals surface area contributed by atoms with Gasteiger partial charge in [-0.25, -0.2) is 0 Å². The predicted molar refractivity (Wildman–Crippen MR) is 113 cm³/mol. The molecule has 0 aliphatic carbocycles. The summed E-state index contributed by atoms with van der Waals surface area (Å²) in [6.45, 7) is 5.37. The second kappa shape index (κ2) is 24.0. The Morgan fingerprint density at radius 3 is 1.15 bits per heavy atom. The van der Waals surface area contributed by atoms with E-state index in [4.69, 9.17) is 9.47 Å². The van der Waals surface area contributed by atoms with Crippen molar-refractivity contribution in [3.63, 3.8) is 0 Å². The zero-order chi connectivity index (χ0) is 19.3. The molecule has 27 heavy (non-hydrogen) atoms. The van der Waals surface area contributed by atoms with Gasteiger partial charge in [0.1, 0.15) is 0 Å². The summed E-state index contributed by atoms with van der Waals surface area (Å²) < 4.78 is 10.3. The van der Waals surface area contributed by atoms with Gasteiger partial charge in [-0.2, -0.15) is 0 Å². The number of rotatable bonds is 19. The molecule has 4 nitrogen and oxygen atoms in total. The van der Waals surface area contributed by atoms with Gasteiger partial charge < -0.3 is 9.47 Å². The van der Waals surface area contributed by atoms with Crippen LogP contribution in [0.1, 0.15) is 117 Å². The van der Waals surface area contributed by atoms with Crippen molar-refractivity contribution < 1.29 is 19.1 Å². The maximum atomic E-state index is 11.6. The van der Waals surface area contributed by atoms with Crippen molar-refractivity contribution in [3.8, 4) is 0 Å². The van der Waals surface area contributed by atoms with E-state index in [0.29, 0.717) is 13.2 Å². The quantitative estimate of drug-likeness (QED) is 0.154. The second-order valence-corrected chi connectivity index (χ2v) is 7.18. The van der Waals surface area contributed by atoms with Crippen LogP contribution < -0.4 is 0 Å². The van der Waals surface area contributed by atoms with Gasteiger partial charge in [0, 0.05) is 29.6 Å². The van der Waals surface area contributed by atoms with Crippen LogP contribution >= 0.6 is 0 Å². The van der Waals surface area contributed by atoms with Crippen LogP contribution in [0.2, 0.25) is 0 Å². The molecule has 0 spiro atoms. The van der Waals surface area contributed by atoms with E-state index < -0.39 is 0 Å². The molecule has 0 bridgehead atoms. The van der Waals surface area contributed by atoms with Gasteiger partial charge in [0.05, 0.1) is 26.1 Å². The first-order valence-corrected chi connectivity index (χ1v) is 11.0. The molecule has 0 amide bonds. The number of ether oxygens (including phenoxy) is 2. The Morgan fingerprint density at radius 2 is 0.815 bits per heavy atom. The molecule has 0 aromatic rings. The molecule has 0 aliphatic rings. The second-order valence-electron chi connectivity index (χ2n) is 7.18. The minimum absolute atomic E-state index is 0. The zero-order valence-electron chi connectivity index (χ0n) is 18.4. The van der Waals surface area contributed by atoms with Crippen LogP contribution in [0.3, 0.4) is 0 Å². The van der Waals surface area contributed by atoms with Crippen LogP contribution in [0.15, 0.2) is 0 Å². The summed E-state index contributed by atoms with van der Waals surface area (Å²) in [7, 11) is 0. The van der Waals surface area contributed by atoms with Crippen molar-refractivity contribution in [2.45, 2.75) is 117 Å². The number of carbonyl (C=O) groups is 2. The van der Waals surface area contributed by atoms with Crippen molar-refractivity contribution in [3.05, 3.63) is 0 Å². The van der Waals surface area contributed by atoms with Gasteiger partial charge in [-0.1, -0.05) is 90.9 Å². The summed E-state index contributed by atoms with van der Waals surface area (Å²) in [5.41, 5.74) is 0. The summed E-state index contributed by atoms with van der Waals surface area (Å²) in [5, 5.41) is 0. The van der Waals surface area contributed by atoms with Crippen LogP contribution in [0, 0.1) is 0 Å². The fourth-order valence-electron chi connectivity index (χ4n) is 2.84. The van der Waals surface area contributed by atoms with Crippen LogP contribution in [0.25, 0.3) is 0 Å². The number of carbonyl (C=O) groups excluding carboxylic acids is 2. The van der Waals surface area contributed by atoms with Gasteiger partial charge in [0.2, 0.25) is 0 Å². The standard InChI is InChI=1S/C22H42O4.Na/c1-3-5-7-9-11-13-15-19-25-21(23)17-18-22(24)26-20-16-14-12-10-8-6-4-2;/h3-20H2,1-2H3;. The first-order valence-electron chi connectivity index (χ1n) is 11.0. The third-order valence-corrected chi connectivity index (χ3v) is 4.56. The SMILES string of the molecule is CCCCCCCCCOC(=O)CCC(=O)OCCCCCCCCC.[Na]. The van der Waals surface area contributed by atoms with Crippen LogP contribution in [-0.4, -0.2) is 54.7 Å². The molecule has 0 saturated heterocycles. The molecule has 0 aromatic carbocycles. The molecule has 0 aliphatic heterocycles. The van der Waals surface area contributed by atoms with Gasteiger partial charge in [-0.15, -0.1) is 0 Å². The Balaban J connectivity index is 0. The molecule has 0 N–H and O–H groups in total. The molecule has 0 rings (SSSR count). The van der Waals surface area contributed by atoms with E-state index in [-0.39, 0.29) is 54.3 Å². The minimum Gasteiger partial charge on any atom is -0.466 e. The molecule has 0 aromatic heterocycles.